The zero-order valence-corrected chi connectivity index (χ0v) is 13.3. The minimum Gasteiger partial charge on any atom is -0.368 e. The first-order chi connectivity index (χ1) is 8.90. The summed E-state index contributed by atoms with van der Waals surface area (Å²) >= 11 is 0. The average molecular weight is 260 g/mol. The lowest BCUT2D eigenvalue weighted by Crippen LogP contribution is -2.55. The van der Waals surface area contributed by atoms with Crippen LogP contribution in [0.25, 0.3) is 0 Å². The quantitative estimate of drug-likeness (QED) is 0.801. The smallest absolute Gasteiger partial charge is 0.0397 e. The number of benzene rings is 1. The zero-order valence-electron chi connectivity index (χ0n) is 13.3. The van der Waals surface area contributed by atoms with E-state index >= 15 is 0 Å². The Labute approximate surface area is 118 Å². The number of likely N-dealkylation sites (N-methyl/N-ethyl adjacent to an activating group) is 1. The molecular formula is C17H28N2. The topological polar surface area (TPSA) is 6.48 Å². The van der Waals surface area contributed by atoms with Crippen molar-refractivity contribution in [3.63, 3.8) is 0 Å². The molecule has 0 saturated carbocycles. The van der Waals surface area contributed by atoms with Gasteiger partial charge in [0.2, 0.25) is 0 Å². The number of piperazine rings is 1. The molecular weight excluding hydrogens is 232 g/mol. The van der Waals surface area contributed by atoms with Gasteiger partial charge in [-0.1, -0.05) is 26.0 Å². The Kier molecular flexibility index (Phi) is 4.19. The van der Waals surface area contributed by atoms with Crippen LogP contribution in [-0.4, -0.2) is 37.1 Å². The van der Waals surface area contributed by atoms with Crippen molar-refractivity contribution in [2.75, 3.05) is 25.0 Å². The summed E-state index contributed by atoms with van der Waals surface area (Å²) in [6.45, 7) is 13.7. The maximum Gasteiger partial charge on any atom is 0.0397 e. The second-order valence-corrected chi connectivity index (χ2v) is 6.47. The van der Waals surface area contributed by atoms with Crippen molar-refractivity contribution in [1.82, 2.24) is 4.90 Å². The molecule has 0 bridgehead atoms. The molecule has 0 aromatic heterocycles. The number of hydrogen-bond acceptors (Lipinski definition) is 2. The van der Waals surface area contributed by atoms with Gasteiger partial charge in [0.15, 0.2) is 0 Å². The third kappa shape index (κ3) is 2.94. The first kappa shape index (κ1) is 14.4. The van der Waals surface area contributed by atoms with Crippen LogP contribution in [0, 0.1) is 6.92 Å². The van der Waals surface area contributed by atoms with Crippen LogP contribution < -0.4 is 4.90 Å². The van der Waals surface area contributed by atoms with Gasteiger partial charge in [0.1, 0.15) is 0 Å². The number of aryl methyl sites for hydroxylation is 1. The second-order valence-electron chi connectivity index (χ2n) is 6.47. The van der Waals surface area contributed by atoms with E-state index in [1.54, 1.807) is 0 Å². The van der Waals surface area contributed by atoms with E-state index in [1.165, 1.54) is 16.8 Å². The predicted molar refractivity (Wildman–Crippen MR) is 84.2 cm³/mol. The highest BCUT2D eigenvalue weighted by molar-refractivity contribution is 5.55. The van der Waals surface area contributed by atoms with Crippen molar-refractivity contribution >= 4 is 5.69 Å². The van der Waals surface area contributed by atoms with E-state index in [0.29, 0.717) is 18.0 Å². The number of anilines is 1. The van der Waals surface area contributed by atoms with Crippen LogP contribution in [0.1, 0.15) is 44.7 Å². The highest BCUT2D eigenvalue weighted by Gasteiger charge is 2.27. The Morgan fingerprint density at radius 1 is 1.11 bits per heavy atom. The van der Waals surface area contributed by atoms with E-state index in [2.05, 4.69) is 69.7 Å². The Morgan fingerprint density at radius 2 is 1.68 bits per heavy atom. The molecule has 2 rings (SSSR count). The third-order valence-corrected chi connectivity index (χ3v) is 4.59. The molecule has 2 atom stereocenters. The van der Waals surface area contributed by atoms with Gasteiger partial charge in [-0.2, -0.15) is 0 Å². The van der Waals surface area contributed by atoms with Crippen LogP contribution in [-0.2, 0) is 0 Å². The average Bonchev–Trinajstić information content (AvgIpc) is 2.35. The fourth-order valence-corrected chi connectivity index (χ4v) is 2.99. The van der Waals surface area contributed by atoms with Crippen LogP contribution in [0.5, 0.6) is 0 Å². The lowest BCUT2D eigenvalue weighted by Gasteiger charge is -2.44. The summed E-state index contributed by atoms with van der Waals surface area (Å²) in [6.07, 6.45) is 0. The van der Waals surface area contributed by atoms with Crippen LogP contribution in [0.2, 0.25) is 0 Å². The molecule has 2 nitrogen and oxygen atoms in total. The Balaban J connectivity index is 2.23. The molecule has 1 aromatic carbocycles. The van der Waals surface area contributed by atoms with Gasteiger partial charge in [-0.25, -0.2) is 0 Å². The number of nitrogens with zero attached hydrogens (tertiary/aromatic N) is 2. The molecule has 19 heavy (non-hydrogen) atoms. The van der Waals surface area contributed by atoms with Crippen LogP contribution in [0.4, 0.5) is 5.69 Å². The van der Waals surface area contributed by atoms with E-state index in [4.69, 9.17) is 0 Å². The lowest BCUT2D eigenvalue weighted by atomic mass is 9.99. The van der Waals surface area contributed by atoms with Crippen molar-refractivity contribution in [2.24, 2.45) is 0 Å². The number of rotatable bonds is 2. The molecule has 1 fully saturated rings. The SMILES string of the molecule is Cc1cc(C(C)C)ccc1N1C[C@@H](C)N(C)[C@@H](C)C1. The molecule has 1 aliphatic rings. The molecule has 2 heteroatoms. The summed E-state index contributed by atoms with van der Waals surface area (Å²) in [5, 5.41) is 0. The third-order valence-electron chi connectivity index (χ3n) is 4.59. The monoisotopic (exact) mass is 260 g/mol. The fourth-order valence-electron chi connectivity index (χ4n) is 2.99. The molecule has 1 aliphatic heterocycles. The van der Waals surface area contributed by atoms with Gasteiger partial charge in [0.05, 0.1) is 0 Å². The van der Waals surface area contributed by atoms with Crippen molar-refractivity contribution < 1.29 is 0 Å². The first-order valence-electron chi connectivity index (χ1n) is 7.47. The molecule has 0 amide bonds. The molecule has 1 saturated heterocycles. The summed E-state index contributed by atoms with van der Waals surface area (Å²) in [5.41, 5.74) is 4.27. The fraction of sp³-hybridized carbons (Fsp3) is 0.647. The maximum atomic E-state index is 2.55. The van der Waals surface area contributed by atoms with E-state index in [-0.39, 0.29) is 0 Å². The molecule has 0 aliphatic carbocycles. The van der Waals surface area contributed by atoms with Gasteiger partial charge in [0.25, 0.3) is 0 Å². The van der Waals surface area contributed by atoms with Crippen molar-refractivity contribution in [3.05, 3.63) is 29.3 Å². The Bertz CT molecular complexity index is 427. The minimum absolute atomic E-state index is 0.609. The van der Waals surface area contributed by atoms with E-state index in [0.717, 1.165) is 13.1 Å². The van der Waals surface area contributed by atoms with Gasteiger partial charge >= 0.3 is 0 Å². The zero-order chi connectivity index (χ0) is 14.2. The van der Waals surface area contributed by atoms with Crippen LogP contribution in [0.15, 0.2) is 18.2 Å². The van der Waals surface area contributed by atoms with Crippen LogP contribution in [0.3, 0.4) is 0 Å². The molecule has 0 unspecified atom stereocenters. The minimum atomic E-state index is 0.609. The molecule has 1 heterocycles. The van der Waals surface area contributed by atoms with Crippen molar-refractivity contribution in [3.8, 4) is 0 Å². The predicted octanol–water partition coefficient (Wildman–Crippen LogP) is 3.65. The summed E-state index contributed by atoms with van der Waals surface area (Å²) < 4.78 is 0. The summed E-state index contributed by atoms with van der Waals surface area (Å²) in [4.78, 5) is 5.03. The highest BCUT2D eigenvalue weighted by Crippen LogP contribution is 2.27. The molecule has 106 valence electrons. The van der Waals surface area contributed by atoms with Crippen molar-refractivity contribution in [1.29, 1.82) is 0 Å². The van der Waals surface area contributed by atoms with Gasteiger partial charge in [0, 0.05) is 30.9 Å². The second kappa shape index (κ2) is 5.54. The van der Waals surface area contributed by atoms with Crippen molar-refractivity contribution in [2.45, 2.75) is 52.6 Å². The van der Waals surface area contributed by atoms with Gasteiger partial charge in [-0.05, 0) is 50.9 Å². The Morgan fingerprint density at radius 3 is 2.16 bits per heavy atom. The molecule has 1 aromatic rings. The maximum absolute atomic E-state index is 2.55. The van der Waals surface area contributed by atoms with Gasteiger partial charge in [-0.3, -0.25) is 4.90 Å². The lowest BCUT2D eigenvalue weighted by molar-refractivity contribution is 0.170. The Hall–Kier alpha value is -1.02. The molecule has 0 N–H and O–H groups in total. The first-order valence-corrected chi connectivity index (χ1v) is 7.47. The number of hydrogen-bond donors (Lipinski definition) is 0. The highest BCUT2D eigenvalue weighted by atomic mass is 15.3. The molecule has 0 spiro atoms. The molecule has 0 radical (unpaired) electrons. The summed E-state index contributed by atoms with van der Waals surface area (Å²) in [6, 6.07) is 8.20. The van der Waals surface area contributed by atoms with E-state index < -0.39 is 0 Å². The van der Waals surface area contributed by atoms with E-state index in [9.17, 15) is 0 Å². The summed E-state index contributed by atoms with van der Waals surface area (Å²) in [5.74, 6) is 0.609. The van der Waals surface area contributed by atoms with Gasteiger partial charge in [-0.15, -0.1) is 0 Å². The standard InChI is InChI=1S/C17H28N2/c1-12(2)16-7-8-17(13(3)9-16)19-10-14(4)18(6)15(5)11-19/h7-9,12,14-15H,10-11H2,1-6H3/t14-,15+. The summed E-state index contributed by atoms with van der Waals surface area (Å²) in [7, 11) is 2.24. The van der Waals surface area contributed by atoms with Gasteiger partial charge < -0.3 is 4.90 Å². The van der Waals surface area contributed by atoms with Crippen LogP contribution >= 0.6 is 0 Å². The normalized spacial score (nSPS) is 25.1. The largest absolute Gasteiger partial charge is 0.368 e. The van der Waals surface area contributed by atoms with E-state index in [1.807, 2.05) is 0 Å².